The lowest BCUT2D eigenvalue weighted by Gasteiger charge is -2.24. The molecule has 0 fully saturated rings. The fourth-order valence-electron chi connectivity index (χ4n) is 1.57. The number of halogens is 1. The number of benzene rings is 1. The number of nitriles is 1. The molecule has 0 saturated carbocycles. The van der Waals surface area contributed by atoms with Gasteiger partial charge in [0.15, 0.2) is 0 Å². The molecule has 4 heteroatoms. The molecule has 0 saturated heterocycles. The average Bonchev–Trinajstić information content (AvgIpc) is 2.24. The number of nitrogen functional groups attached to an aromatic ring is 1. The van der Waals surface area contributed by atoms with Gasteiger partial charge < -0.3 is 10.6 Å². The van der Waals surface area contributed by atoms with Crippen LogP contribution >= 0.6 is 0 Å². The molecule has 0 aromatic heterocycles. The van der Waals surface area contributed by atoms with E-state index in [1.165, 1.54) is 12.1 Å². The van der Waals surface area contributed by atoms with Crippen molar-refractivity contribution in [3.05, 3.63) is 24.0 Å². The standard InChI is InChI=1S/C12H16FN3/c1-3-16(8-9(2)7-14)12-5-10(13)4-11(15)6-12/h4-6,9H,3,8,15H2,1-2H3. The van der Waals surface area contributed by atoms with Crippen LogP contribution in [0.15, 0.2) is 18.2 Å². The van der Waals surface area contributed by atoms with Gasteiger partial charge >= 0.3 is 0 Å². The van der Waals surface area contributed by atoms with E-state index in [1.54, 1.807) is 6.07 Å². The molecular weight excluding hydrogens is 205 g/mol. The Morgan fingerprint density at radius 1 is 1.50 bits per heavy atom. The van der Waals surface area contributed by atoms with Gasteiger partial charge in [0.05, 0.1) is 12.0 Å². The maximum Gasteiger partial charge on any atom is 0.127 e. The highest BCUT2D eigenvalue weighted by Crippen LogP contribution is 2.20. The average molecular weight is 221 g/mol. The summed E-state index contributed by atoms with van der Waals surface area (Å²) in [6.45, 7) is 5.10. The van der Waals surface area contributed by atoms with Crippen LogP contribution in [0.5, 0.6) is 0 Å². The topological polar surface area (TPSA) is 53.0 Å². The number of nitrogens with zero attached hydrogens (tertiary/aromatic N) is 2. The minimum absolute atomic E-state index is 0.0931. The molecule has 1 atom stereocenters. The van der Waals surface area contributed by atoms with Gasteiger partial charge in [-0.1, -0.05) is 0 Å². The van der Waals surface area contributed by atoms with E-state index in [0.29, 0.717) is 12.2 Å². The lowest BCUT2D eigenvalue weighted by molar-refractivity contribution is 0.625. The second-order valence-corrected chi connectivity index (χ2v) is 3.81. The highest BCUT2D eigenvalue weighted by Gasteiger charge is 2.10. The third-order valence-corrected chi connectivity index (χ3v) is 2.37. The first kappa shape index (κ1) is 12.3. The number of hydrogen-bond donors (Lipinski definition) is 1. The van der Waals surface area contributed by atoms with Crippen LogP contribution in [0.2, 0.25) is 0 Å². The predicted octanol–water partition coefficient (Wildman–Crippen LogP) is 2.39. The first-order chi connectivity index (χ1) is 7.56. The van der Waals surface area contributed by atoms with Gasteiger partial charge in [-0.3, -0.25) is 0 Å². The highest BCUT2D eigenvalue weighted by molar-refractivity contribution is 5.56. The Morgan fingerprint density at radius 3 is 2.69 bits per heavy atom. The second kappa shape index (κ2) is 5.36. The largest absolute Gasteiger partial charge is 0.399 e. The van der Waals surface area contributed by atoms with Crippen LogP contribution in [0.4, 0.5) is 15.8 Å². The number of anilines is 2. The molecule has 1 aromatic rings. The van der Waals surface area contributed by atoms with E-state index < -0.39 is 0 Å². The SMILES string of the molecule is CCN(CC(C)C#N)c1cc(N)cc(F)c1. The molecule has 1 rings (SSSR count). The Labute approximate surface area is 95.3 Å². The molecule has 2 N–H and O–H groups in total. The van der Waals surface area contributed by atoms with Crippen molar-refractivity contribution < 1.29 is 4.39 Å². The maximum atomic E-state index is 13.2. The van der Waals surface area contributed by atoms with Crippen molar-refractivity contribution in [1.82, 2.24) is 0 Å². The summed E-state index contributed by atoms with van der Waals surface area (Å²) < 4.78 is 13.2. The normalized spacial score (nSPS) is 11.9. The van der Waals surface area contributed by atoms with Crippen LogP contribution in [-0.4, -0.2) is 13.1 Å². The van der Waals surface area contributed by atoms with Crippen molar-refractivity contribution in [2.75, 3.05) is 23.7 Å². The summed E-state index contributed by atoms with van der Waals surface area (Å²) in [5, 5.41) is 8.76. The smallest absolute Gasteiger partial charge is 0.127 e. The van der Waals surface area contributed by atoms with Crippen molar-refractivity contribution >= 4 is 11.4 Å². The quantitative estimate of drug-likeness (QED) is 0.794. The number of nitrogens with two attached hydrogens (primary N) is 1. The van der Waals surface area contributed by atoms with Crippen molar-refractivity contribution in [1.29, 1.82) is 5.26 Å². The van der Waals surface area contributed by atoms with Crippen LogP contribution in [0, 0.1) is 23.1 Å². The van der Waals surface area contributed by atoms with Crippen LogP contribution in [0.3, 0.4) is 0 Å². The van der Waals surface area contributed by atoms with Gasteiger partial charge in [-0.2, -0.15) is 5.26 Å². The molecule has 0 aliphatic heterocycles. The maximum absolute atomic E-state index is 13.2. The van der Waals surface area contributed by atoms with E-state index in [4.69, 9.17) is 11.0 Å². The van der Waals surface area contributed by atoms with Crippen molar-refractivity contribution in [3.8, 4) is 6.07 Å². The van der Waals surface area contributed by atoms with Gasteiger partial charge in [-0.25, -0.2) is 4.39 Å². The summed E-state index contributed by atoms with van der Waals surface area (Å²) in [6, 6.07) is 6.60. The van der Waals surface area contributed by atoms with Gasteiger partial charge in [0.2, 0.25) is 0 Å². The lowest BCUT2D eigenvalue weighted by Crippen LogP contribution is -2.27. The van der Waals surface area contributed by atoms with Crippen LogP contribution in [-0.2, 0) is 0 Å². The minimum atomic E-state index is -0.349. The van der Waals surface area contributed by atoms with Gasteiger partial charge in [-0.15, -0.1) is 0 Å². The summed E-state index contributed by atoms with van der Waals surface area (Å²) >= 11 is 0. The van der Waals surface area contributed by atoms with Crippen molar-refractivity contribution in [2.45, 2.75) is 13.8 Å². The zero-order valence-corrected chi connectivity index (χ0v) is 9.57. The summed E-state index contributed by atoms with van der Waals surface area (Å²) in [7, 11) is 0. The van der Waals surface area contributed by atoms with Gasteiger partial charge in [0.25, 0.3) is 0 Å². The molecule has 0 radical (unpaired) electrons. The van der Waals surface area contributed by atoms with Crippen LogP contribution < -0.4 is 10.6 Å². The summed E-state index contributed by atoms with van der Waals surface area (Å²) in [5.41, 5.74) is 6.71. The molecule has 3 nitrogen and oxygen atoms in total. The Bertz CT molecular complexity index is 377. The van der Waals surface area contributed by atoms with Gasteiger partial charge in [0, 0.05) is 24.5 Å². The highest BCUT2D eigenvalue weighted by atomic mass is 19.1. The molecule has 86 valence electrons. The van der Waals surface area contributed by atoms with Gasteiger partial charge in [0.1, 0.15) is 5.82 Å². The summed E-state index contributed by atoms with van der Waals surface area (Å²) in [4.78, 5) is 1.94. The number of rotatable bonds is 4. The molecule has 0 bridgehead atoms. The fraction of sp³-hybridized carbons (Fsp3) is 0.417. The molecule has 1 unspecified atom stereocenters. The molecular formula is C12H16FN3. The third-order valence-electron chi connectivity index (χ3n) is 2.37. The van der Waals surface area contributed by atoms with Crippen molar-refractivity contribution in [2.24, 2.45) is 5.92 Å². The molecule has 0 spiro atoms. The van der Waals surface area contributed by atoms with E-state index in [0.717, 1.165) is 12.2 Å². The van der Waals surface area contributed by atoms with E-state index in [9.17, 15) is 4.39 Å². The van der Waals surface area contributed by atoms with E-state index in [1.807, 2.05) is 18.7 Å². The Hall–Kier alpha value is -1.76. The second-order valence-electron chi connectivity index (χ2n) is 3.81. The Morgan fingerprint density at radius 2 is 2.19 bits per heavy atom. The van der Waals surface area contributed by atoms with E-state index in [-0.39, 0.29) is 11.7 Å². The third kappa shape index (κ3) is 3.13. The molecule has 0 heterocycles. The van der Waals surface area contributed by atoms with Gasteiger partial charge in [-0.05, 0) is 32.0 Å². The fourth-order valence-corrected chi connectivity index (χ4v) is 1.57. The zero-order chi connectivity index (χ0) is 12.1. The predicted molar refractivity (Wildman–Crippen MR) is 63.5 cm³/mol. The molecule has 0 aliphatic carbocycles. The summed E-state index contributed by atoms with van der Waals surface area (Å²) in [5.74, 6) is -0.442. The first-order valence-corrected chi connectivity index (χ1v) is 5.27. The monoisotopic (exact) mass is 221 g/mol. The minimum Gasteiger partial charge on any atom is -0.399 e. The Balaban J connectivity index is 2.91. The van der Waals surface area contributed by atoms with Crippen molar-refractivity contribution in [3.63, 3.8) is 0 Å². The zero-order valence-electron chi connectivity index (χ0n) is 9.57. The molecule has 0 aliphatic rings. The summed E-state index contributed by atoms with van der Waals surface area (Å²) in [6.07, 6.45) is 0. The molecule has 1 aromatic carbocycles. The number of hydrogen-bond acceptors (Lipinski definition) is 3. The molecule has 0 amide bonds. The molecule has 16 heavy (non-hydrogen) atoms. The van der Waals surface area contributed by atoms with Crippen LogP contribution in [0.25, 0.3) is 0 Å². The Kier molecular flexibility index (Phi) is 4.12. The first-order valence-electron chi connectivity index (χ1n) is 5.27. The van der Waals surface area contributed by atoms with E-state index in [2.05, 4.69) is 6.07 Å². The van der Waals surface area contributed by atoms with Crippen LogP contribution in [0.1, 0.15) is 13.8 Å². The lowest BCUT2D eigenvalue weighted by atomic mass is 10.1. The van der Waals surface area contributed by atoms with E-state index >= 15 is 0 Å².